The molecule has 2 heterocycles. The molecule has 1 aromatic heterocycles. The molecule has 3 N–H and O–H groups in total. The predicted molar refractivity (Wildman–Crippen MR) is 85.5 cm³/mol. The van der Waals surface area contributed by atoms with Gasteiger partial charge in [0.15, 0.2) is 5.96 Å². The van der Waals surface area contributed by atoms with Crippen molar-refractivity contribution in [1.82, 2.24) is 9.55 Å². The number of nitrogens with two attached hydrogens (primary N) is 1. The van der Waals surface area contributed by atoms with Crippen LogP contribution in [0.5, 0.6) is 0 Å². The van der Waals surface area contributed by atoms with Gasteiger partial charge in [-0.15, -0.1) is 0 Å². The van der Waals surface area contributed by atoms with Crippen molar-refractivity contribution in [3.63, 3.8) is 0 Å². The minimum atomic E-state index is 0.207. The van der Waals surface area contributed by atoms with E-state index in [0.29, 0.717) is 5.96 Å². The number of benzene rings is 1. The smallest absolute Gasteiger partial charge is 0.193 e. The summed E-state index contributed by atoms with van der Waals surface area (Å²) in [5.41, 5.74) is 9.46. The van der Waals surface area contributed by atoms with Crippen molar-refractivity contribution in [1.29, 1.82) is 0 Å². The molecule has 110 valence electrons. The topological polar surface area (TPSA) is 68.2 Å². The van der Waals surface area contributed by atoms with Crippen molar-refractivity contribution >= 4 is 11.6 Å². The SMILES string of the molecule is Cc1cc(C)cc(NC(N)=NC2CCn3ccnc3C2)c1. The largest absolute Gasteiger partial charge is 0.370 e. The van der Waals surface area contributed by atoms with E-state index in [0.717, 1.165) is 30.9 Å². The first-order chi connectivity index (χ1) is 10.1. The summed E-state index contributed by atoms with van der Waals surface area (Å²) in [5.74, 6) is 1.57. The second-order valence-corrected chi connectivity index (χ2v) is 5.70. The summed E-state index contributed by atoms with van der Waals surface area (Å²) >= 11 is 0. The van der Waals surface area contributed by atoms with Crippen LogP contribution in [0.25, 0.3) is 0 Å². The number of aromatic nitrogens is 2. The third-order valence-electron chi connectivity index (χ3n) is 3.74. The molecular formula is C16H21N5. The molecule has 1 aliphatic heterocycles. The van der Waals surface area contributed by atoms with Crippen molar-refractivity contribution in [2.24, 2.45) is 10.7 Å². The van der Waals surface area contributed by atoms with Crippen molar-refractivity contribution in [3.8, 4) is 0 Å². The van der Waals surface area contributed by atoms with E-state index < -0.39 is 0 Å². The molecule has 3 rings (SSSR count). The van der Waals surface area contributed by atoms with Crippen LogP contribution in [0.2, 0.25) is 0 Å². The number of fused-ring (bicyclic) bond motifs is 1. The molecule has 0 saturated heterocycles. The summed E-state index contributed by atoms with van der Waals surface area (Å²) in [7, 11) is 0. The highest BCUT2D eigenvalue weighted by atomic mass is 15.1. The number of nitrogens with zero attached hydrogens (tertiary/aromatic N) is 3. The maximum absolute atomic E-state index is 6.04. The van der Waals surface area contributed by atoms with Crippen molar-refractivity contribution in [2.75, 3.05) is 5.32 Å². The number of hydrogen-bond acceptors (Lipinski definition) is 2. The van der Waals surface area contributed by atoms with Crippen LogP contribution >= 0.6 is 0 Å². The third-order valence-corrected chi connectivity index (χ3v) is 3.74. The normalized spacial score (nSPS) is 18.4. The fourth-order valence-corrected chi connectivity index (χ4v) is 2.87. The molecule has 0 spiro atoms. The van der Waals surface area contributed by atoms with Gasteiger partial charge in [0.25, 0.3) is 0 Å². The van der Waals surface area contributed by atoms with Gasteiger partial charge in [0.05, 0.1) is 6.04 Å². The molecule has 1 aromatic carbocycles. The first-order valence-corrected chi connectivity index (χ1v) is 7.29. The number of hydrogen-bond donors (Lipinski definition) is 2. The monoisotopic (exact) mass is 283 g/mol. The lowest BCUT2D eigenvalue weighted by Gasteiger charge is -2.20. The zero-order valence-electron chi connectivity index (χ0n) is 12.5. The zero-order valence-corrected chi connectivity index (χ0v) is 12.5. The van der Waals surface area contributed by atoms with Crippen LogP contribution in [0.15, 0.2) is 35.6 Å². The van der Waals surface area contributed by atoms with Crippen LogP contribution in [0.4, 0.5) is 5.69 Å². The lowest BCUT2D eigenvalue weighted by Crippen LogP contribution is -2.29. The molecule has 1 atom stereocenters. The van der Waals surface area contributed by atoms with E-state index in [1.165, 1.54) is 11.1 Å². The highest BCUT2D eigenvalue weighted by Crippen LogP contribution is 2.17. The highest BCUT2D eigenvalue weighted by Gasteiger charge is 2.18. The van der Waals surface area contributed by atoms with Gasteiger partial charge >= 0.3 is 0 Å². The molecular weight excluding hydrogens is 262 g/mol. The molecule has 2 aromatic rings. The zero-order chi connectivity index (χ0) is 14.8. The van der Waals surface area contributed by atoms with Gasteiger partial charge in [-0.2, -0.15) is 0 Å². The van der Waals surface area contributed by atoms with Crippen LogP contribution in [-0.4, -0.2) is 21.6 Å². The molecule has 0 aliphatic carbocycles. The lowest BCUT2D eigenvalue weighted by atomic mass is 10.1. The second-order valence-electron chi connectivity index (χ2n) is 5.70. The fraction of sp³-hybridized carbons (Fsp3) is 0.375. The fourth-order valence-electron chi connectivity index (χ4n) is 2.87. The van der Waals surface area contributed by atoms with Crippen LogP contribution in [-0.2, 0) is 13.0 Å². The Balaban J connectivity index is 1.69. The summed E-state index contributed by atoms with van der Waals surface area (Å²) in [6.07, 6.45) is 5.71. The number of rotatable bonds is 2. The molecule has 1 aliphatic rings. The Kier molecular flexibility index (Phi) is 3.64. The van der Waals surface area contributed by atoms with E-state index in [1.807, 2.05) is 12.4 Å². The van der Waals surface area contributed by atoms with Gasteiger partial charge in [0, 0.05) is 31.0 Å². The maximum Gasteiger partial charge on any atom is 0.193 e. The average molecular weight is 283 g/mol. The number of imidazole rings is 1. The highest BCUT2D eigenvalue weighted by molar-refractivity contribution is 5.92. The van der Waals surface area contributed by atoms with E-state index in [-0.39, 0.29) is 6.04 Å². The van der Waals surface area contributed by atoms with Crippen molar-refractivity contribution in [3.05, 3.63) is 47.5 Å². The van der Waals surface area contributed by atoms with E-state index in [1.54, 1.807) is 0 Å². The number of aryl methyl sites for hydroxylation is 3. The number of guanidine groups is 1. The van der Waals surface area contributed by atoms with Crippen molar-refractivity contribution < 1.29 is 0 Å². The number of anilines is 1. The standard InChI is InChI=1S/C16H21N5/c1-11-7-12(2)9-14(8-11)20-16(17)19-13-3-5-21-6-4-18-15(21)10-13/h4,6-9,13H,3,5,10H2,1-2H3,(H3,17,19,20). The quantitative estimate of drug-likeness (QED) is 0.656. The van der Waals surface area contributed by atoms with Crippen LogP contribution < -0.4 is 11.1 Å². The van der Waals surface area contributed by atoms with E-state index in [2.05, 4.69) is 51.9 Å². The molecule has 0 bridgehead atoms. The Morgan fingerprint density at radius 3 is 2.86 bits per heavy atom. The minimum absolute atomic E-state index is 0.207. The Bertz CT molecular complexity index is 651. The summed E-state index contributed by atoms with van der Waals surface area (Å²) in [6, 6.07) is 6.49. The van der Waals surface area contributed by atoms with Gasteiger partial charge in [-0.3, -0.25) is 0 Å². The van der Waals surface area contributed by atoms with E-state index in [9.17, 15) is 0 Å². The Morgan fingerprint density at radius 1 is 1.33 bits per heavy atom. The molecule has 1 unspecified atom stereocenters. The molecule has 21 heavy (non-hydrogen) atoms. The minimum Gasteiger partial charge on any atom is -0.370 e. The number of aliphatic imine (C=N–C) groups is 1. The Morgan fingerprint density at radius 2 is 2.10 bits per heavy atom. The van der Waals surface area contributed by atoms with Gasteiger partial charge in [0.1, 0.15) is 5.82 Å². The maximum atomic E-state index is 6.04. The number of nitrogens with one attached hydrogen (secondary N) is 1. The van der Waals surface area contributed by atoms with Gasteiger partial charge in [-0.05, 0) is 43.5 Å². The Hall–Kier alpha value is -2.30. The summed E-state index contributed by atoms with van der Waals surface area (Å²) in [5, 5.41) is 3.19. The second kappa shape index (κ2) is 5.60. The third kappa shape index (κ3) is 3.24. The molecule has 0 saturated carbocycles. The first kappa shape index (κ1) is 13.7. The first-order valence-electron chi connectivity index (χ1n) is 7.29. The van der Waals surface area contributed by atoms with Crippen LogP contribution in [0, 0.1) is 13.8 Å². The molecule has 5 heteroatoms. The van der Waals surface area contributed by atoms with E-state index in [4.69, 9.17) is 5.73 Å². The summed E-state index contributed by atoms with van der Waals surface area (Å²) in [6.45, 7) is 5.11. The van der Waals surface area contributed by atoms with Crippen LogP contribution in [0.1, 0.15) is 23.4 Å². The lowest BCUT2D eigenvalue weighted by molar-refractivity contribution is 0.465. The van der Waals surface area contributed by atoms with Gasteiger partial charge in [0.2, 0.25) is 0 Å². The molecule has 0 fully saturated rings. The van der Waals surface area contributed by atoms with Gasteiger partial charge in [-0.1, -0.05) is 6.07 Å². The average Bonchev–Trinajstić information content (AvgIpc) is 2.84. The Labute approximate surface area is 124 Å². The molecule has 0 radical (unpaired) electrons. The van der Waals surface area contributed by atoms with E-state index >= 15 is 0 Å². The van der Waals surface area contributed by atoms with Gasteiger partial charge in [-0.25, -0.2) is 9.98 Å². The van der Waals surface area contributed by atoms with Gasteiger partial charge < -0.3 is 15.6 Å². The van der Waals surface area contributed by atoms with Crippen LogP contribution in [0.3, 0.4) is 0 Å². The molecule has 5 nitrogen and oxygen atoms in total. The summed E-state index contributed by atoms with van der Waals surface area (Å²) < 4.78 is 2.18. The van der Waals surface area contributed by atoms with Crippen molar-refractivity contribution in [2.45, 2.75) is 39.3 Å². The summed E-state index contributed by atoms with van der Waals surface area (Å²) in [4.78, 5) is 8.95. The molecule has 0 amide bonds. The predicted octanol–water partition coefficient (Wildman–Crippen LogP) is 2.24.